The van der Waals surface area contributed by atoms with Crippen molar-refractivity contribution in [2.24, 2.45) is 0 Å². The van der Waals surface area contributed by atoms with Crippen molar-refractivity contribution in [3.63, 3.8) is 0 Å². The van der Waals surface area contributed by atoms with Gasteiger partial charge in [0.15, 0.2) is 15.6 Å². The van der Waals surface area contributed by atoms with Crippen LogP contribution < -0.4 is 5.56 Å². The van der Waals surface area contributed by atoms with Crippen LogP contribution in [0.1, 0.15) is 28.5 Å². The highest BCUT2D eigenvalue weighted by Crippen LogP contribution is 2.35. The Labute approximate surface area is 190 Å². The summed E-state index contributed by atoms with van der Waals surface area (Å²) in [6.07, 6.45) is 1.48. The zero-order chi connectivity index (χ0) is 23.8. The molecule has 2 aromatic heterocycles. The predicted octanol–water partition coefficient (Wildman–Crippen LogP) is 4.11. The third-order valence-corrected chi connectivity index (χ3v) is 7.23. The van der Waals surface area contributed by atoms with Crippen molar-refractivity contribution in [3.05, 3.63) is 93.8 Å². The average molecular weight is 467 g/mol. The maximum atomic E-state index is 14.5. The van der Waals surface area contributed by atoms with Gasteiger partial charge in [-0.15, -0.1) is 0 Å². The third-order valence-electron chi connectivity index (χ3n) is 5.65. The average Bonchev–Trinajstić information content (AvgIpc) is 3.08. The van der Waals surface area contributed by atoms with E-state index in [0.717, 1.165) is 5.56 Å². The third kappa shape index (κ3) is 4.39. The van der Waals surface area contributed by atoms with Crippen LogP contribution in [0.2, 0.25) is 0 Å². The lowest BCUT2D eigenvalue weighted by Gasteiger charge is -2.13. The van der Waals surface area contributed by atoms with E-state index in [1.807, 2.05) is 19.1 Å². The summed E-state index contributed by atoms with van der Waals surface area (Å²) in [5.41, 5.74) is 2.12. The topological polar surface area (TPSA) is 89.0 Å². The molecule has 0 amide bonds. The molecule has 0 unspecified atom stereocenters. The lowest BCUT2D eigenvalue weighted by Crippen LogP contribution is -2.22. The number of aryl methyl sites for hydroxylation is 1. The van der Waals surface area contributed by atoms with Crippen molar-refractivity contribution >= 4 is 26.5 Å². The Bertz CT molecular complexity index is 1530. The zero-order valence-corrected chi connectivity index (χ0v) is 19.1. The highest BCUT2D eigenvalue weighted by atomic mass is 32.2. The molecule has 0 saturated heterocycles. The quantitative estimate of drug-likeness (QED) is 0.415. The van der Waals surface area contributed by atoms with Crippen LogP contribution in [0.5, 0.6) is 0 Å². The van der Waals surface area contributed by atoms with Crippen LogP contribution in [0.15, 0.2) is 65.6 Å². The Morgan fingerprint density at radius 1 is 1.09 bits per heavy atom. The Kier molecular flexibility index (Phi) is 6.03. The van der Waals surface area contributed by atoms with Gasteiger partial charge in [0.05, 0.1) is 12.2 Å². The normalized spacial score (nSPS) is 11.7. The molecule has 4 aromatic rings. The zero-order valence-electron chi connectivity index (χ0n) is 18.3. The SMILES string of the molecule is CCS(=O)(=O)CC(=O)c1c(-c2ccc[nH]c2=O)c2cc(C)ccc2n1Cc1ccccc1F. The van der Waals surface area contributed by atoms with Crippen molar-refractivity contribution in [1.82, 2.24) is 9.55 Å². The number of hydrogen-bond donors (Lipinski definition) is 1. The molecule has 170 valence electrons. The molecule has 0 saturated carbocycles. The van der Waals surface area contributed by atoms with Crippen molar-refractivity contribution in [2.75, 3.05) is 11.5 Å². The molecule has 0 aliphatic rings. The van der Waals surface area contributed by atoms with Gasteiger partial charge in [-0.05, 0) is 37.3 Å². The van der Waals surface area contributed by atoms with Gasteiger partial charge in [0.2, 0.25) is 0 Å². The number of nitrogens with zero attached hydrogens (tertiary/aromatic N) is 1. The number of carbonyl (C=O) groups excluding carboxylic acids is 1. The number of H-pyrrole nitrogens is 1. The molecule has 6 nitrogen and oxygen atoms in total. The van der Waals surface area contributed by atoms with Crippen LogP contribution in [-0.2, 0) is 16.4 Å². The second-order valence-corrected chi connectivity index (χ2v) is 10.3. The lowest BCUT2D eigenvalue weighted by atomic mass is 10.0. The first-order valence-corrected chi connectivity index (χ1v) is 12.3. The number of carbonyl (C=O) groups is 1. The van der Waals surface area contributed by atoms with Crippen LogP contribution in [0.25, 0.3) is 22.0 Å². The number of hydrogen-bond acceptors (Lipinski definition) is 4. The molecule has 8 heteroatoms. The summed E-state index contributed by atoms with van der Waals surface area (Å²) in [6, 6.07) is 15.0. The van der Waals surface area contributed by atoms with Gasteiger partial charge in [0.25, 0.3) is 5.56 Å². The molecule has 0 aliphatic carbocycles. The molecule has 0 atom stereocenters. The Hall–Kier alpha value is -3.52. The second kappa shape index (κ2) is 8.78. The van der Waals surface area contributed by atoms with Gasteiger partial charge in [0, 0.05) is 39.5 Å². The molecular formula is C25H23FN2O4S. The summed E-state index contributed by atoms with van der Waals surface area (Å²) in [7, 11) is -3.64. The fourth-order valence-corrected chi connectivity index (χ4v) is 4.72. The summed E-state index contributed by atoms with van der Waals surface area (Å²) in [6.45, 7) is 3.36. The monoisotopic (exact) mass is 466 g/mol. The Morgan fingerprint density at radius 3 is 2.55 bits per heavy atom. The number of ketones is 1. The van der Waals surface area contributed by atoms with Gasteiger partial charge in [-0.3, -0.25) is 9.59 Å². The highest BCUT2D eigenvalue weighted by Gasteiger charge is 2.28. The van der Waals surface area contributed by atoms with Gasteiger partial charge in [-0.1, -0.05) is 36.8 Å². The highest BCUT2D eigenvalue weighted by molar-refractivity contribution is 7.92. The van der Waals surface area contributed by atoms with E-state index in [9.17, 15) is 22.4 Å². The summed E-state index contributed by atoms with van der Waals surface area (Å²) in [4.78, 5) is 28.8. The number of sulfone groups is 1. The first kappa shape index (κ1) is 22.7. The molecule has 0 spiro atoms. The number of halogens is 1. The predicted molar refractivity (Wildman–Crippen MR) is 127 cm³/mol. The fourth-order valence-electron chi connectivity index (χ4n) is 3.98. The van der Waals surface area contributed by atoms with Crippen molar-refractivity contribution in [3.8, 4) is 11.1 Å². The van der Waals surface area contributed by atoms with Gasteiger partial charge in [-0.2, -0.15) is 0 Å². The minimum atomic E-state index is -3.64. The molecular weight excluding hydrogens is 443 g/mol. The van der Waals surface area contributed by atoms with Crippen LogP contribution >= 0.6 is 0 Å². The van der Waals surface area contributed by atoms with E-state index < -0.39 is 32.7 Å². The Morgan fingerprint density at radius 2 is 1.85 bits per heavy atom. The molecule has 4 rings (SSSR count). The summed E-state index contributed by atoms with van der Waals surface area (Å²) < 4.78 is 40.8. The van der Waals surface area contributed by atoms with E-state index in [1.54, 1.807) is 41.0 Å². The standard InChI is InChI=1S/C25H23FN2O4S/c1-3-33(31,32)15-22(29)24-23(18-8-6-12-27-25(18)30)19-13-16(2)10-11-21(19)28(24)14-17-7-4-5-9-20(17)26/h4-13H,3,14-15H2,1-2H3,(H,27,30). The summed E-state index contributed by atoms with van der Waals surface area (Å²) in [5, 5.41) is 0.625. The summed E-state index contributed by atoms with van der Waals surface area (Å²) in [5.74, 6) is -1.97. The molecule has 0 aliphatic heterocycles. The first-order chi connectivity index (χ1) is 15.7. The van der Waals surface area contributed by atoms with Crippen LogP contribution in [0, 0.1) is 12.7 Å². The van der Waals surface area contributed by atoms with Gasteiger partial charge in [-0.25, -0.2) is 12.8 Å². The number of aromatic amines is 1. The second-order valence-electron chi connectivity index (χ2n) is 7.93. The van der Waals surface area contributed by atoms with E-state index in [0.29, 0.717) is 22.0 Å². The molecule has 2 heterocycles. The smallest absolute Gasteiger partial charge is 0.255 e. The lowest BCUT2D eigenvalue weighted by molar-refractivity contribution is 0.101. The van der Waals surface area contributed by atoms with Gasteiger partial charge >= 0.3 is 0 Å². The molecule has 2 aromatic carbocycles. The van der Waals surface area contributed by atoms with Crippen LogP contribution in [0.4, 0.5) is 4.39 Å². The number of Topliss-reactive ketones (excluding diaryl/α,β-unsaturated/α-hetero) is 1. The van der Waals surface area contributed by atoms with E-state index in [-0.39, 0.29) is 23.6 Å². The molecule has 33 heavy (non-hydrogen) atoms. The molecule has 0 fully saturated rings. The maximum absolute atomic E-state index is 14.5. The van der Waals surface area contributed by atoms with E-state index in [1.165, 1.54) is 19.2 Å². The number of fused-ring (bicyclic) bond motifs is 1. The van der Waals surface area contributed by atoms with Crippen molar-refractivity contribution in [2.45, 2.75) is 20.4 Å². The summed E-state index contributed by atoms with van der Waals surface area (Å²) >= 11 is 0. The van der Waals surface area contributed by atoms with E-state index >= 15 is 0 Å². The molecule has 0 radical (unpaired) electrons. The van der Waals surface area contributed by atoms with E-state index in [4.69, 9.17) is 0 Å². The molecule has 1 N–H and O–H groups in total. The minimum absolute atomic E-state index is 0.00419. The number of nitrogens with one attached hydrogen (secondary N) is 1. The minimum Gasteiger partial charge on any atom is -0.333 e. The van der Waals surface area contributed by atoms with Crippen molar-refractivity contribution < 1.29 is 17.6 Å². The largest absolute Gasteiger partial charge is 0.333 e. The fraction of sp³-hybridized carbons (Fsp3) is 0.200. The Balaban J connectivity index is 2.09. The number of rotatable bonds is 7. The van der Waals surface area contributed by atoms with E-state index in [2.05, 4.69) is 4.98 Å². The van der Waals surface area contributed by atoms with Gasteiger partial charge in [0.1, 0.15) is 11.6 Å². The molecule has 0 bridgehead atoms. The van der Waals surface area contributed by atoms with Gasteiger partial charge < -0.3 is 9.55 Å². The first-order valence-electron chi connectivity index (χ1n) is 10.5. The maximum Gasteiger partial charge on any atom is 0.255 e. The van der Waals surface area contributed by atoms with Crippen LogP contribution in [0.3, 0.4) is 0 Å². The number of pyridine rings is 1. The van der Waals surface area contributed by atoms with Crippen LogP contribution in [-0.4, -0.2) is 35.3 Å². The number of benzene rings is 2. The number of aromatic nitrogens is 2. The van der Waals surface area contributed by atoms with Crippen molar-refractivity contribution in [1.29, 1.82) is 0 Å².